The van der Waals surface area contributed by atoms with Crippen molar-refractivity contribution in [1.29, 1.82) is 0 Å². The maximum atomic E-state index is 14.4. The predicted octanol–water partition coefficient (Wildman–Crippen LogP) is 4.78. The van der Waals surface area contributed by atoms with E-state index in [1.54, 1.807) is 12.1 Å². The van der Waals surface area contributed by atoms with Gasteiger partial charge in [-0.25, -0.2) is 14.4 Å². The number of rotatable bonds is 7. The topological polar surface area (TPSA) is 86.8 Å². The van der Waals surface area contributed by atoms with Crippen LogP contribution in [0.5, 0.6) is 0 Å². The van der Waals surface area contributed by atoms with Crippen LogP contribution in [0.25, 0.3) is 0 Å². The third-order valence-corrected chi connectivity index (χ3v) is 7.65. The molecule has 3 aromatic rings. The Morgan fingerprint density at radius 3 is 2.54 bits per heavy atom. The third-order valence-electron chi connectivity index (χ3n) is 7.65. The van der Waals surface area contributed by atoms with Crippen molar-refractivity contribution in [2.24, 2.45) is 5.92 Å². The molecule has 0 radical (unpaired) electrons. The first-order valence-corrected chi connectivity index (χ1v) is 12.7. The second-order valence-electron chi connectivity index (χ2n) is 10.4. The molecular formula is C27H31FN6O. The lowest BCUT2D eigenvalue weighted by molar-refractivity contribution is -0.135. The van der Waals surface area contributed by atoms with Crippen LogP contribution in [0.1, 0.15) is 67.2 Å². The number of aryl methyl sites for hydroxylation is 1. The van der Waals surface area contributed by atoms with Gasteiger partial charge in [0, 0.05) is 48.1 Å². The smallest absolute Gasteiger partial charge is 0.233 e. The quantitative estimate of drug-likeness (QED) is 0.515. The standard InChI is InChI=1S/C27H31FN6O/c1-17-14-24(33-32-17)30-23-16-20(29-25(31-23)19-6-7-19)15-18-8-12-34(13-9-18)26(35)27(10-11-27)21-4-2-3-5-22(21)28/h2-5,14,16,18-19H,6-13,15H2,1H3,(H2,29,30,31,32,33). The molecule has 1 amide bonds. The number of piperidine rings is 1. The van der Waals surface area contributed by atoms with Gasteiger partial charge < -0.3 is 10.2 Å². The van der Waals surface area contributed by atoms with Crippen LogP contribution in [0.2, 0.25) is 0 Å². The van der Waals surface area contributed by atoms with Gasteiger partial charge in [-0.1, -0.05) is 18.2 Å². The summed E-state index contributed by atoms with van der Waals surface area (Å²) < 4.78 is 14.4. The monoisotopic (exact) mass is 474 g/mol. The first-order valence-electron chi connectivity index (χ1n) is 12.7. The molecule has 2 aliphatic carbocycles. The Bertz CT molecular complexity index is 1240. The van der Waals surface area contributed by atoms with Crippen LogP contribution in [0.4, 0.5) is 16.0 Å². The fourth-order valence-corrected chi connectivity index (χ4v) is 5.34. The average Bonchev–Trinajstić information content (AvgIpc) is 3.78. The van der Waals surface area contributed by atoms with E-state index in [1.165, 1.54) is 6.07 Å². The predicted molar refractivity (Wildman–Crippen MR) is 131 cm³/mol. The number of H-pyrrole nitrogens is 1. The van der Waals surface area contributed by atoms with Gasteiger partial charge in [-0.15, -0.1) is 0 Å². The number of hydrogen-bond acceptors (Lipinski definition) is 5. The van der Waals surface area contributed by atoms with Crippen molar-refractivity contribution in [2.45, 2.75) is 63.2 Å². The molecule has 2 N–H and O–H groups in total. The Morgan fingerprint density at radius 1 is 1.11 bits per heavy atom. The molecule has 1 aliphatic heterocycles. The Hall–Kier alpha value is -3.29. The number of anilines is 2. The Balaban J connectivity index is 1.11. The third kappa shape index (κ3) is 4.54. The number of aromatic nitrogens is 4. The number of halogens is 1. The minimum Gasteiger partial charge on any atom is -0.342 e. The molecule has 2 aromatic heterocycles. The summed E-state index contributed by atoms with van der Waals surface area (Å²) in [5.74, 6) is 3.22. The number of benzene rings is 1. The molecule has 0 bridgehead atoms. The molecule has 0 atom stereocenters. The molecule has 182 valence electrons. The zero-order valence-electron chi connectivity index (χ0n) is 20.1. The Labute approximate surface area is 204 Å². The van der Waals surface area contributed by atoms with Gasteiger partial charge in [-0.3, -0.25) is 9.89 Å². The van der Waals surface area contributed by atoms with Gasteiger partial charge in [0.1, 0.15) is 17.5 Å². The number of likely N-dealkylation sites (tertiary alicyclic amines) is 1. The summed E-state index contributed by atoms with van der Waals surface area (Å²) in [7, 11) is 0. The van der Waals surface area contributed by atoms with E-state index in [-0.39, 0.29) is 11.7 Å². The molecule has 3 aliphatic rings. The average molecular weight is 475 g/mol. The van der Waals surface area contributed by atoms with Crippen LogP contribution in [0, 0.1) is 18.7 Å². The number of carbonyl (C=O) groups is 1. The normalized spacial score (nSPS) is 19.5. The minimum absolute atomic E-state index is 0.0971. The second-order valence-corrected chi connectivity index (χ2v) is 10.4. The van der Waals surface area contributed by atoms with Crippen molar-refractivity contribution in [3.8, 4) is 0 Å². The zero-order chi connectivity index (χ0) is 24.0. The van der Waals surface area contributed by atoms with E-state index < -0.39 is 5.41 Å². The Morgan fingerprint density at radius 2 is 1.89 bits per heavy atom. The van der Waals surface area contributed by atoms with Gasteiger partial charge in [0.2, 0.25) is 5.91 Å². The molecule has 2 saturated carbocycles. The molecule has 0 spiro atoms. The van der Waals surface area contributed by atoms with Crippen molar-refractivity contribution in [3.63, 3.8) is 0 Å². The van der Waals surface area contributed by atoms with Crippen molar-refractivity contribution in [2.75, 3.05) is 18.4 Å². The Kier molecular flexibility index (Phi) is 5.54. The number of carbonyl (C=O) groups excluding carboxylic acids is 1. The van der Waals surface area contributed by atoms with Gasteiger partial charge in [0.05, 0.1) is 5.41 Å². The summed E-state index contributed by atoms with van der Waals surface area (Å²) in [6.45, 7) is 3.41. The molecule has 1 aromatic carbocycles. The summed E-state index contributed by atoms with van der Waals surface area (Å²) in [5.41, 5.74) is 1.96. The largest absolute Gasteiger partial charge is 0.342 e. The van der Waals surface area contributed by atoms with Gasteiger partial charge in [0.15, 0.2) is 5.82 Å². The number of nitrogens with one attached hydrogen (secondary N) is 2. The summed E-state index contributed by atoms with van der Waals surface area (Å²) >= 11 is 0. The fraction of sp³-hybridized carbons (Fsp3) is 0.481. The first-order chi connectivity index (χ1) is 17.0. The van der Waals surface area contributed by atoms with Crippen LogP contribution in [0.15, 0.2) is 36.4 Å². The summed E-state index contributed by atoms with van der Waals surface area (Å²) in [6, 6.07) is 10.7. The van der Waals surface area contributed by atoms with Gasteiger partial charge in [-0.2, -0.15) is 5.10 Å². The number of nitrogens with zero attached hydrogens (tertiary/aromatic N) is 4. The van der Waals surface area contributed by atoms with E-state index in [1.807, 2.05) is 30.0 Å². The zero-order valence-corrected chi connectivity index (χ0v) is 20.1. The highest BCUT2D eigenvalue weighted by molar-refractivity contribution is 5.91. The van der Waals surface area contributed by atoms with Crippen LogP contribution in [-0.4, -0.2) is 44.1 Å². The molecule has 6 rings (SSSR count). The van der Waals surface area contributed by atoms with Crippen LogP contribution < -0.4 is 5.32 Å². The fourth-order valence-electron chi connectivity index (χ4n) is 5.34. The minimum atomic E-state index is -0.644. The SMILES string of the molecule is Cc1cc(Nc2cc(CC3CCN(C(=O)C4(c5ccccc5F)CC4)CC3)nc(C3CC3)n2)n[nH]1. The summed E-state index contributed by atoms with van der Waals surface area (Å²) in [6.07, 6.45) is 6.51. The highest BCUT2D eigenvalue weighted by atomic mass is 19.1. The lowest BCUT2D eigenvalue weighted by atomic mass is 9.89. The highest BCUT2D eigenvalue weighted by Gasteiger charge is 2.54. The lowest BCUT2D eigenvalue weighted by Crippen LogP contribution is -2.44. The van der Waals surface area contributed by atoms with E-state index >= 15 is 0 Å². The number of aromatic amines is 1. The van der Waals surface area contributed by atoms with E-state index in [4.69, 9.17) is 9.97 Å². The maximum absolute atomic E-state index is 14.4. The van der Waals surface area contributed by atoms with E-state index in [0.29, 0.717) is 17.4 Å². The molecule has 3 fully saturated rings. The van der Waals surface area contributed by atoms with Crippen molar-refractivity contribution >= 4 is 17.5 Å². The van der Waals surface area contributed by atoms with Crippen LogP contribution in [0.3, 0.4) is 0 Å². The van der Waals surface area contributed by atoms with Crippen molar-refractivity contribution in [1.82, 2.24) is 25.1 Å². The van der Waals surface area contributed by atoms with Gasteiger partial charge in [-0.05, 0) is 63.9 Å². The van der Waals surface area contributed by atoms with Crippen molar-refractivity contribution < 1.29 is 9.18 Å². The van der Waals surface area contributed by atoms with E-state index in [2.05, 4.69) is 15.5 Å². The van der Waals surface area contributed by atoms with Crippen LogP contribution >= 0.6 is 0 Å². The van der Waals surface area contributed by atoms with Gasteiger partial charge >= 0.3 is 0 Å². The van der Waals surface area contributed by atoms with Crippen LogP contribution in [-0.2, 0) is 16.6 Å². The maximum Gasteiger partial charge on any atom is 0.233 e. The molecule has 7 nitrogen and oxygen atoms in total. The molecule has 3 heterocycles. The van der Waals surface area contributed by atoms with Crippen molar-refractivity contribution in [3.05, 3.63) is 65.0 Å². The number of hydrogen-bond donors (Lipinski definition) is 2. The second kappa shape index (κ2) is 8.73. The van der Waals surface area contributed by atoms with Gasteiger partial charge in [0.25, 0.3) is 0 Å². The molecule has 0 unspecified atom stereocenters. The molecule has 35 heavy (non-hydrogen) atoms. The molecular weight excluding hydrogens is 443 g/mol. The summed E-state index contributed by atoms with van der Waals surface area (Å²) in [5, 5.41) is 10.5. The molecule has 1 saturated heterocycles. The van der Waals surface area contributed by atoms with E-state index in [0.717, 1.165) is 86.9 Å². The number of amides is 1. The first kappa shape index (κ1) is 22.2. The van der Waals surface area contributed by atoms with E-state index in [9.17, 15) is 9.18 Å². The lowest BCUT2D eigenvalue weighted by Gasteiger charge is -2.34. The molecule has 8 heteroatoms. The summed E-state index contributed by atoms with van der Waals surface area (Å²) in [4.78, 5) is 25.0. The highest BCUT2D eigenvalue weighted by Crippen LogP contribution is 2.50.